The highest BCUT2D eigenvalue weighted by Crippen LogP contribution is 2.22. The lowest BCUT2D eigenvalue weighted by Gasteiger charge is -2.22. The Balaban J connectivity index is 2.35. The van der Waals surface area contributed by atoms with Gasteiger partial charge in [0.25, 0.3) is 0 Å². The lowest BCUT2D eigenvalue weighted by molar-refractivity contribution is -0.118. The van der Waals surface area contributed by atoms with Crippen LogP contribution >= 0.6 is 0 Å². The molecule has 0 aliphatic carbocycles. The molecule has 0 unspecified atom stereocenters. The Kier molecular flexibility index (Phi) is 3.21. The summed E-state index contributed by atoms with van der Waals surface area (Å²) in [4.78, 5) is 12.0. The van der Waals surface area contributed by atoms with Gasteiger partial charge in [0, 0.05) is 18.4 Å². The van der Waals surface area contributed by atoms with Crippen molar-refractivity contribution in [2.75, 3.05) is 11.3 Å². The smallest absolute Gasteiger partial charge is 0.247 e. The zero-order valence-corrected chi connectivity index (χ0v) is 11.1. The van der Waals surface area contributed by atoms with Crippen LogP contribution in [0, 0.1) is 0 Å². The number of carbonyl (C=O) groups is 1. The fraction of sp³-hybridized carbons (Fsp3) is 0.333. The number of benzene rings is 1. The molecule has 96 valence electrons. The average molecular weight is 266 g/mol. The number of hydrazone groups is 1. The molecule has 1 aliphatic heterocycles. The van der Waals surface area contributed by atoms with Crippen LogP contribution in [-0.2, 0) is 14.6 Å². The van der Waals surface area contributed by atoms with E-state index in [2.05, 4.69) is 5.10 Å². The van der Waals surface area contributed by atoms with E-state index in [1.807, 2.05) is 6.92 Å². The first kappa shape index (κ1) is 12.8. The fourth-order valence-corrected chi connectivity index (χ4v) is 2.34. The molecule has 1 aromatic rings. The Morgan fingerprint density at radius 2 is 1.78 bits per heavy atom. The molecule has 0 N–H and O–H groups in total. The predicted molar refractivity (Wildman–Crippen MR) is 69.4 cm³/mol. The van der Waals surface area contributed by atoms with Crippen LogP contribution in [-0.4, -0.2) is 26.3 Å². The van der Waals surface area contributed by atoms with Crippen molar-refractivity contribution in [2.24, 2.45) is 5.10 Å². The van der Waals surface area contributed by atoms with Crippen LogP contribution < -0.4 is 5.01 Å². The number of amides is 1. The third kappa shape index (κ3) is 2.59. The van der Waals surface area contributed by atoms with Gasteiger partial charge >= 0.3 is 0 Å². The van der Waals surface area contributed by atoms with E-state index in [9.17, 15) is 13.2 Å². The summed E-state index contributed by atoms with van der Waals surface area (Å²) in [5.41, 5.74) is 1.48. The Labute approximate surface area is 106 Å². The minimum absolute atomic E-state index is 0.0762. The van der Waals surface area contributed by atoms with Crippen molar-refractivity contribution in [1.82, 2.24) is 0 Å². The molecular formula is C12H14N2O3S. The first-order chi connectivity index (χ1) is 8.38. The van der Waals surface area contributed by atoms with Crippen molar-refractivity contribution in [3.8, 4) is 0 Å². The molecule has 0 saturated heterocycles. The van der Waals surface area contributed by atoms with E-state index in [4.69, 9.17) is 0 Å². The van der Waals surface area contributed by atoms with Crippen LogP contribution in [0.3, 0.4) is 0 Å². The van der Waals surface area contributed by atoms with Gasteiger partial charge in [-0.05, 0) is 37.6 Å². The van der Waals surface area contributed by atoms with Crippen molar-refractivity contribution in [3.05, 3.63) is 24.3 Å². The summed E-state index contributed by atoms with van der Waals surface area (Å²) in [5, 5.41) is 5.50. The van der Waals surface area contributed by atoms with E-state index >= 15 is 0 Å². The van der Waals surface area contributed by atoms with Crippen molar-refractivity contribution in [1.29, 1.82) is 0 Å². The fourth-order valence-electron chi connectivity index (χ4n) is 1.71. The Morgan fingerprint density at radius 3 is 2.33 bits per heavy atom. The van der Waals surface area contributed by atoms with E-state index in [1.165, 1.54) is 17.1 Å². The van der Waals surface area contributed by atoms with E-state index in [0.29, 0.717) is 18.5 Å². The molecule has 0 saturated carbocycles. The number of hydrogen-bond donors (Lipinski definition) is 0. The molecule has 18 heavy (non-hydrogen) atoms. The van der Waals surface area contributed by atoms with Gasteiger partial charge in [0.2, 0.25) is 5.91 Å². The molecule has 1 aromatic carbocycles. The van der Waals surface area contributed by atoms with E-state index < -0.39 is 9.84 Å². The number of sulfone groups is 1. The van der Waals surface area contributed by atoms with Gasteiger partial charge in [0.15, 0.2) is 9.84 Å². The monoisotopic (exact) mass is 266 g/mol. The third-order valence-electron chi connectivity index (χ3n) is 2.72. The number of carbonyl (C=O) groups excluding carboxylic acids is 1. The second-order valence-electron chi connectivity index (χ2n) is 4.31. The highest BCUT2D eigenvalue weighted by atomic mass is 32.2. The maximum atomic E-state index is 11.7. The Hall–Kier alpha value is -1.69. The molecule has 1 aliphatic rings. The first-order valence-electron chi connectivity index (χ1n) is 5.55. The van der Waals surface area contributed by atoms with Crippen LogP contribution in [0.2, 0.25) is 0 Å². The van der Waals surface area contributed by atoms with Gasteiger partial charge in [-0.3, -0.25) is 4.79 Å². The standard InChI is InChI=1S/C12H14N2O3S/c1-9-3-8-12(15)14(13-9)10-4-6-11(7-5-10)18(2,16)17/h4-7H,3,8H2,1-2H3. The summed E-state index contributed by atoms with van der Waals surface area (Å²) in [5.74, 6) is -0.0762. The molecule has 2 rings (SSSR count). The quantitative estimate of drug-likeness (QED) is 0.816. The molecule has 0 atom stereocenters. The van der Waals surface area contributed by atoms with Crippen LogP contribution in [0.5, 0.6) is 0 Å². The van der Waals surface area contributed by atoms with Gasteiger partial charge in [-0.1, -0.05) is 0 Å². The minimum atomic E-state index is -3.21. The molecule has 5 nitrogen and oxygen atoms in total. The first-order valence-corrected chi connectivity index (χ1v) is 7.44. The highest BCUT2D eigenvalue weighted by Gasteiger charge is 2.20. The topological polar surface area (TPSA) is 66.8 Å². The van der Waals surface area contributed by atoms with Gasteiger partial charge in [0.1, 0.15) is 0 Å². The average Bonchev–Trinajstić information content (AvgIpc) is 2.31. The second kappa shape index (κ2) is 4.53. The number of anilines is 1. The summed E-state index contributed by atoms with van der Waals surface area (Å²) in [6.45, 7) is 1.87. The molecule has 0 aromatic heterocycles. The molecule has 0 fully saturated rings. The molecular weight excluding hydrogens is 252 g/mol. The molecule has 0 radical (unpaired) electrons. The lowest BCUT2D eigenvalue weighted by Crippen LogP contribution is -2.30. The van der Waals surface area contributed by atoms with Crippen LogP contribution in [0.1, 0.15) is 19.8 Å². The largest absolute Gasteiger partial charge is 0.273 e. The molecule has 6 heteroatoms. The van der Waals surface area contributed by atoms with E-state index in [0.717, 1.165) is 12.0 Å². The van der Waals surface area contributed by atoms with E-state index in [-0.39, 0.29) is 10.8 Å². The second-order valence-corrected chi connectivity index (χ2v) is 6.32. The molecule has 0 bridgehead atoms. The summed E-state index contributed by atoms with van der Waals surface area (Å²) in [7, 11) is -3.21. The van der Waals surface area contributed by atoms with Gasteiger partial charge in [-0.25, -0.2) is 13.4 Å². The number of hydrogen-bond acceptors (Lipinski definition) is 4. The van der Waals surface area contributed by atoms with Crippen LogP contribution in [0.15, 0.2) is 34.3 Å². The molecule has 1 heterocycles. The minimum Gasteiger partial charge on any atom is -0.273 e. The SMILES string of the molecule is CC1=NN(c2ccc(S(C)(=O)=O)cc2)C(=O)CC1. The van der Waals surface area contributed by atoms with E-state index in [1.54, 1.807) is 12.1 Å². The summed E-state index contributed by atoms with van der Waals surface area (Å²) < 4.78 is 22.7. The molecule has 1 amide bonds. The van der Waals surface area contributed by atoms with Gasteiger partial charge < -0.3 is 0 Å². The zero-order chi connectivity index (χ0) is 13.3. The van der Waals surface area contributed by atoms with Crippen molar-refractivity contribution in [2.45, 2.75) is 24.7 Å². The van der Waals surface area contributed by atoms with Crippen LogP contribution in [0.25, 0.3) is 0 Å². The number of rotatable bonds is 2. The maximum Gasteiger partial charge on any atom is 0.247 e. The van der Waals surface area contributed by atoms with Crippen molar-refractivity contribution in [3.63, 3.8) is 0 Å². The predicted octanol–water partition coefficient (Wildman–Crippen LogP) is 1.59. The molecule has 0 spiro atoms. The summed E-state index contributed by atoms with van der Waals surface area (Å²) >= 11 is 0. The van der Waals surface area contributed by atoms with Gasteiger partial charge in [-0.15, -0.1) is 0 Å². The van der Waals surface area contributed by atoms with Crippen molar-refractivity contribution >= 4 is 27.1 Å². The lowest BCUT2D eigenvalue weighted by atomic mass is 10.2. The summed E-state index contributed by atoms with van der Waals surface area (Å²) in [6.07, 6.45) is 2.26. The van der Waals surface area contributed by atoms with Crippen molar-refractivity contribution < 1.29 is 13.2 Å². The highest BCUT2D eigenvalue weighted by molar-refractivity contribution is 7.90. The maximum absolute atomic E-state index is 11.7. The zero-order valence-electron chi connectivity index (χ0n) is 10.3. The number of nitrogens with zero attached hydrogens (tertiary/aromatic N) is 2. The summed E-state index contributed by atoms with van der Waals surface area (Å²) in [6, 6.07) is 6.15. The van der Waals surface area contributed by atoms with Gasteiger partial charge in [0.05, 0.1) is 10.6 Å². The normalized spacial score (nSPS) is 16.7. The van der Waals surface area contributed by atoms with Crippen LogP contribution in [0.4, 0.5) is 5.69 Å². The Morgan fingerprint density at radius 1 is 1.17 bits per heavy atom. The van der Waals surface area contributed by atoms with Gasteiger partial charge in [-0.2, -0.15) is 5.10 Å². The third-order valence-corrected chi connectivity index (χ3v) is 3.85. The Bertz CT molecular complexity index is 603.